The van der Waals surface area contributed by atoms with Gasteiger partial charge in [-0.2, -0.15) is 0 Å². The van der Waals surface area contributed by atoms with Gasteiger partial charge in [-0.3, -0.25) is 4.90 Å². The maximum Gasteiger partial charge on any atom is 0.0642 e. The molecule has 1 fully saturated rings. The Morgan fingerprint density at radius 2 is 1.94 bits per heavy atom. The SMILES string of the molecule is CCCN1CCN(c2c(Cl)cccc2CN)CC1. The van der Waals surface area contributed by atoms with Crippen LogP contribution < -0.4 is 10.6 Å². The highest BCUT2D eigenvalue weighted by molar-refractivity contribution is 6.33. The van der Waals surface area contributed by atoms with Gasteiger partial charge in [-0.05, 0) is 24.6 Å². The molecule has 0 aliphatic carbocycles. The van der Waals surface area contributed by atoms with Gasteiger partial charge in [-0.25, -0.2) is 0 Å². The van der Waals surface area contributed by atoms with Crippen molar-refractivity contribution in [1.29, 1.82) is 0 Å². The second-order valence-corrected chi connectivity index (χ2v) is 5.19. The monoisotopic (exact) mass is 267 g/mol. The number of hydrogen-bond donors (Lipinski definition) is 1. The quantitative estimate of drug-likeness (QED) is 0.909. The van der Waals surface area contributed by atoms with Gasteiger partial charge in [0.15, 0.2) is 0 Å². The second-order valence-electron chi connectivity index (χ2n) is 4.78. The molecular formula is C14H22ClN3. The van der Waals surface area contributed by atoms with Crippen LogP contribution in [0.2, 0.25) is 5.02 Å². The third kappa shape index (κ3) is 2.97. The summed E-state index contributed by atoms with van der Waals surface area (Å²) in [7, 11) is 0. The Morgan fingerprint density at radius 1 is 1.22 bits per heavy atom. The summed E-state index contributed by atoms with van der Waals surface area (Å²) in [6.45, 7) is 8.28. The molecule has 1 aromatic rings. The summed E-state index contributed by atoms with van der Waals surface area (Å²) < 4.78 is 0. The number of nitrogens with two attached hydrogens (primary N) is 1. The molecule has 18 heavy (non-hydrogen) atoms. The summed E-state index contributed by atoms with van der Waals surface area (Å²) in [6, 6.07) is 6.00. The molecule has 0 bridgehead atoms. The van der Waals surface area contributed by atoms with Gasteiger partial charge in [0, 0.05) is 32.7 Å². The average molecular weight is 268 g/mol. The first kappa shape index (κ1) is 13.7. The Kier molecular flexibility index (Phi) is 4.87. The molecule has 0 saturated carbocycles. The molecule has 0 amide bonds. The van der Waals surface area contributed by atoms with E-state index in [0.29, 0.717) is 6.54 Å². The minimum atomic E-state index is 0.547. The van der Waals surface area contributed by atoms with Crippen molar-refractivity contribution in [3.8, 4) is 0 Å². The van der Waals surface area contributed by atoms with Gasteiger partial charge in [-0.15, -0.1) is 0 Å². The van der Waals surface area contributed by atoms with Crippen molar-refractivity contribution in [2.45, 2.75) is 19.9 Å². The summed E-state index contributed by atoms with van der Waals surface area (Å²) in [6.07, 6.45) is 1.22. The van der Waals surface area contributed by atoms with Crippen LogP contribution in [0.1, 0.15) is 18.9 Å². The topological polar surface area (TPSA) is 32.5 Å². The molecule has 2 rings (SSSR count). The molecule has 1 aliphatic rings. The third-order valence-electron chi connectivity index (χ3n) is 3.52. The lowest BCUT2D eigenvalue weighted by Gasteiger charge is -2.37. The molecule has 0 unspecified atom stereocenters. The largest absolute Gasteiger partial charge is 0.368 e. The average Bonchev–Trinajstić information content (AvgIpc) is 2.40. The smallest absolute Gasteiger partial charge is 0.0642 e. The fourth-order valence-corrected chi connectivity index (χ4v) is 2.90. The lowest BCUT2D eigenvalue weighted by atomic mass is 10.1. The van der Waals surface area contributed by atoms with Crippen molar-refractivity contribution in [2.75, 3.05) is 37.6 Å². The number of nitrogens with zero attached hydrogens (tertiary/aromatic N) is 2. The second kappa shape index (κ2) is 6.41. The maximum absolute atomic E-state index is 6.33. The van der Waals surface area contributed by atoms with Crippen molar-refractivity contribution < 1.29 is 0 Å². The van der Waals surface area contributed by atoms with E-state index in [0.717, 1.165) is 42.5 Å². The van der Waals surface area contributed by atoms with Crippen LogP contribution in [0.3, 0.4) is 0 Å². The van der Waals surface area contributed by atoms with Crippen molar-refractivity contribution in [2.24, 2.45) is 5.73 Å². The standard InChI is InChI=1S/C14H22ClN3/c1-2-6-17-7-9-18(10-8-17)14-12(11-16)4-3-5-13(14)15/h3-5H,2,6-11,16H2,1H3. The molecule has 0 spiro atoms. The first-order valence-electron chi connectivity index (χ1n) is 6.71. The molecule has 1 saturated heterocycles. The number of anilines is 1. The van der Waals surface area contributed by atoms with Gasteiger partial charge >= 0.3 is 0 Å². The van der Waals surface area contributed by atoms with Gasteiger partial charge in [0.25, 0.3) is 0 Å². The molecule has 0 aromatic heterocycles. The van der Waals surface area contributed by atoms with Crippen molar-refractivity contribution in [3.63, 3.8) is 0 Å². The fourth-order valence-electron chi connectivity index (χ4n) is 2.59. The Hall–Kier alpha value is -0.770. The van der Waals surface area contributed by atoms with Gasteiger partial charge in [0.2, 0.25) is 0 Å². The summed E-state index contributed by atoms with van der Waals surface area (Å²) in [4.78, 5) is 4.88. The highest BCUT2D eigenvalue weighted by Crippen LogP contribution is 2.30. The zero-order valence-corrected chi connectivity index (χ0v) is 11.8. The summed E-state index contributed by atoms with van der Waals surface area (Å²) in [5, 5.41) is 0.821. The Morgan fingerprint density at radius 3 is 2.56 bits per heavy atom. The van der Waals surface area contributed by atoms with E-state index in [9.17, 15) is 0 Å². The lowest BCUT2D eigenvalue weighted by molar-refractivity contribution is 0.258. The predicted octanol–water partition coefficient (Wildman–Crippen LogP) is 2.33. The highest BCUT2D eigenvalue weighted by atomic mass is 35.5. The molecular weight excluding hydrogens is 246 g/mol. The van der Waals surface area contributed by atoms with Crippen LogP contribution in [0, 0.1) is 0 Å². The number of benzene rings is 1. The number of para-hydroxylation sites is 1. The molecule has 1 aliphatic heterocycles. The molecule has 4 heteroatoms. The van der Waals surface area contributed by atoms with Crippen LogP contribution in [0.15, 0.2) is 18.2 Å². The van der Waals surface area contributed by atoms with E-state index in [-0.39, 0.29) is 0 Å². The zero-order chi connectivity index (χ0) is 13.0. The Bertz CT molecular complexity index is 387. The zero-order valence-electron chi connectivity index (χ0n) is 11.0. The minimum absolute atomic E-state index is 0.547. The fraction of sp³-hybridized carbons (Fsp3) is 0.571. The van der Waals surface area contributed by atoms with E-state index in [1.165, 1.54) is 13.0 Å². The molecule has 1 heterocycles. The van der Waals surface area contributed by atoms with Crippen LogP contribution in [0.5, 0.6) is 0 Å². The van der Waals surface area contributed by atoms with E-state index in [1.807, 2.05) is 12.1 Å². The maximum atomic E-state index is 6.33. The predicted molar refractivity (Wildman–Crippen MR) is 78.3 cm³/mol. The summed E-state index contributed by atoms with van der Waals surface area (Å²) in [5.74, 6) is 0. The first-order valence-corrected chi connectivity index (χ1v) is 7.08. The molecule has 3 nitrogen and oxygen atoms in total. The van der Waals surface area contributed by atoms with Crippen LogP contribution in [0.4, 0.5) is 5.69 Å². The number of hydrogen-bond acceptors (Lipinski definition) is 3. The highest BCUT2D eigenvalue weighted by Gasteiger charge is 2.20. The van der Waals surface area contributed by atoms with Crippen LogP contribution in [-0.2, 0) is 6.54 Å². The summed E-state index contributed by atoms with van der Waals surface area (Å²) >= 11 is 6.33. The molecule has 0 atom stereocenters. The van der Waals surface area contributed by atoms with E-state index in [2.05, 4.69) is 22.8 Å². The normalized spacial score (nSPS) is 17.2. The van der Waals surface area contributed by atoms with E-state index < -0.39 is 0 Å². The Balaban J connectivity index is 2.09. The van der Waals surface area contributed by atoms with Crippen molar-refractivity contribution >= 4 is 17.3 Å². The number of piperazine rings is 1. The van der Waals surface area contributed by atoms with Crippen molar-refractivity contribution in [3.05, 3.63) is 28.8 Å². The first-order chi connectivity index (χ1) is 8.76. The van der Waals surface area contributed by atoms with E-state index in [4.69, 9.17) is 17.3 Å². The minimum Gasteiger partial charge on any atom is -0.368 e. The van der Waals surface area contributed by atoms with Gasteiger partial charge in [0.05, 0.1) is 10.7 Å². The van der Waals surface area contributed by atoms with Crippen LogP contribution in [0.25, 0.3) is 0 Å². The van der Waals surface area contributed by atoms with Gasteiger partial charge < -0.3 is 10.6 Å². The van der Waals surface area contributed by atoms with Crippen LogP contribution >= 0.6 is 11.6 Å². The molecule has 1 aromatic carbocycles. The molecule has 2 N–H and O–H groups in total. The number of rotatable bonds is 4. The lowest BCUT2D eigenvalue weighted by Crippen LogP contribution is -2.47. The molecule has 0 radical (unpaired) electrons. The Labute approximate surface area is 115 Å². The molecule has 100 valence electrons. The van der Waals surface area contributed by atoms with Crippen LogP contribution in [-0.4, -0.2) is 37.6 Å². The van der Waals surface area contributed by atoms with E-state index in [1.54, 1.807) is 0 Å². The summed E-state index contributed by atoms with van der Waals surface area (Å²) in [5.41, 5.74) is 8.09. The van der Waals surface area contributed by atoms with Gasteiger partial charge in [0.1, 0.15) is 0 Å². The number of halogens is 1. The van der Waals surface area contributed by atoms with E-state index >= 15 is 0 Å². The van der Waals surface area contributed by atoms with Crippen molar-refractivity contribution in [1.82, 2.24) is 4.90 Å². The third-order valence-corrected chi connectivity index (χ3v) is 3.82. The van der Waals surface area contributed by atoms with Gasteiger partial charge in [-0.1, -0.05) is 30.7 Å².